The Morgan fingerprint density at radius 2 is 1.30 bits per heavy atom. The van der Waals surface area contributed by atoms with Crippen molar-refractivity contribution in [3.05, 3.63) is 28.2 Å². The summed E-state index contributed by atoms with van der Waals surface area (Å²) in [6.45, 7) is 1.73. The molecule has 192 valence electrons. The predicted octanol–water partition coefficient (Wildman–Crippen LogP) is -0.655. The van der Waals surface area contributed by atoms with Crippen molar-refractivity contribution in [1.82, 2.24) is 4.98 Å². The topological polar surface area (TPSA) is 296 Å². The third kappa shape index (κ3) is 16.8. The van der Waals surface area contributed by atoms with Gasteiger partial charge in [-0.1, -0.05) is 11.6 Å². The molecule has 1 aromatic carbocycles. The average molecular weight is 580 g/mol. The molecule has 16 nitrogen and oxygen atoms in total. The van der Waals surface area contributed by atoms with E-state index in [-0.39, 0.29) is 6.10 Å². The van der Waals surface area contributed by atoms with E-state index in [0.29, 0.717) is 10.0 Å². The minimum absolute atomic E-state index is 0.388. The Morgan fingerprint density at radius 1 is 0.879 bits per heavy atom. The number of aromatic nitrogens is 1. The maximum atomic E-state index is 9.93. The highest BCUT2D eigenvalue weighted by atomic mass is 35.5. The maximum Gasteiger partial charge on any atom is 0.466 e. The van der Waals surface area contributed by atoms with Crippen LogP contribution in [0.1, 0.15) is 18.0 Å². The van der Waals surface area contributed by atoms with E-state index in [1.807, 2.05) is 12.1 Å². The number of hydrogen-bond acceptors (Lipinski definition) is 8. The van der Waals surface area contributed by atoms with Crippen molar-refractivity contribution in [2.45, 2.75) is 31.3 Å². The van der Waals surface area contributed by atoms with Gasteiger partial charge in [0.1, 0.15) is 23.3 Å². The standard InChI is InChI=1S/C12H12ClNO3S.3H3O4P/c1-5-9(15)10(16)11(17-5)12-14-7-3-2-6(13)4-8(7)18-12;3*1-5(2,3)4/h2-5,9-11,15-16H,1H3;3*(H3,1,2,3,4). The van der Waals surface area contributed by atoms with Gasteiger partial charge in [0, 0.05) is 5.02 Å². The van der Waals surface area contributed by atoms with Gasteiger partial charge in [-0.3, -0.25) is 0 Å². The molecule has 1 aliphatic rings. The van der Waals surface area contributed by atoms with Gasteiger partial charge in [0.2, 0.25) is 0 Å². The molecule has 1 aliphatic heterocycles. The largest absolute Gasteiger partial charge is 0.466 e. The Morgan fingerprint density at radius 3 is 1.67 bits per heavy atom. The first-order valence-corrected chi connectivity index (χ1v) is 13.9. The van der Waals surface area contributed by atoms with Crippen LogP contribution >= 0.6 is 46.4 Å². The van der Waals surface area contributed by atoms with Crippen LogP contribution in [0.5, 0.6) is 0 Å². The summed E-state index contributed by atoms with van der Waals surface area (Å²) in [4.78, 5) is 69.1. The molecule has 0 bridgehead atoms. The van der Waals surface area contributed by atoms with E-state index in [0.717, 1.165) is 10.2 Å². The number of aliphatic hydroxyl groups excluding tert-OH is 2. The molecule has 21 heteroatoms. The second-order valence-electron chi connectivity index (χ2n) is 5.95. The van der Waals surface area contributed by atoms with Crippen LogP contribution in [0, 0.1) is 0 Å². The number of hydrogen-bond donors (Lipinski definition) is 11. The Balaban J connectivity index is 0.000000564. The van der Waals surface area contributed by atoms with E-state index >= 15 is 0 Å². The summed E-state index contributed by atoms with van der Waals surface area (Å²) in [5.74, 6) is 0. The highest BCUT2D eigenvalue weighted by molar-refractivity contribution is 7.45. The lowest BCUT2D eigenvalue weighted by Gasteiger charge is -2.11. The van der Waals surface area contributed by atoms with Gasteiger partial charge in [-0.05, 0) is 25.1 Å². The van der Waals surface area contributed by atoms with Crippen LogP contribution in [-0.2, 0) is 18.4 Å². The van der Waals surface area contributed by atoms with Crippen LogP contribution in [-0.4, -0.2) is 77.5 Å². The summed E-state index contributed by atoms with van der Waals surface area (Å²) >= 11 is 7.35. The van der Waals surface area contributed by atoms with Gasteiger partial charge in [0.15, 0.2) is 0 Å². The molecular weight excluding hydrogens is 559 g/mol. The Hall–Kier alpha value is -0.390. The number of phosphoric acid groups is 3. The van der Waals surface area contributed by atoms with Gasteiger partial charge in [-0.25, -0.2) is 18.7 Å². The molecule has 4 unspecified atom stereocenters. The number of ether oxygens (including phenoxy) is 1. The molecule has 2 aromatic rings. The number of halogens is 1. The highest BCUT2D eigenvalue weighted by Gasteiger charge is 2.42. The van der Waals surface area contributed by atoms with Gasteiger partial charge in [-0.15, -0.1) is 11.3 Å². The number of aliphatic hydroxyl groups is 2. The van der Waals surface area contributed by atoms with E-state index in [1.54, 1.807) is 13.0 Å². The van der Waals surface area contributed by atoms with Crippen LogP contribution in [0.3, 0.4) is 0 Å². The molecule has 0 radical (unpaired) electrons. The highest BCUT2D eigenvalue weighted by Crippen LogP contribution is 2.37. The normalized spacial score (nSPS) is 22.9. The van der Waals surface area contributed by atoms with E-state index in [4.69, 9.17) is 74.1 Å². The van der Waals surface area contributed by atoms with Crippen molar-refractivity contribution >= 4 is 56.6 Å². The van der Waals surface area contributed by atoms with E-state index in [9.17, 15) is 10.2 Å². The number of thiazole rings is 1. The first-order valence-electron chi connectivity index (χ1n) is 7.98. The predicted molar refractivity (Wildman–Crippen MR) is 113 cm³/mol. The van der Waals surface area contributed by atoms with E-state index < -0.39 is 41.8 Å². The zero-order valence-electron chi connectivity index (χ0n) is 16.2. The van der Waals surface area contributed by atoms with Crippen molar-refractivity contribution in [2.75, 3.05) is 0 Å². The van der Waals surface area contributed by atoms with Crippen LogP contribution < -0.4 is 0 Å². The third-order valence-electron chi connectivity index (χ3n) is 3.11. The molecule has 1 aromatic heterocycles. The summed E-state index contributed by atoms with van der Waals surface area (Å²) in [5.41, 5.74) is 0.823. The number of benzene rings is 1. The Labute approximate surface area is 194 Å². The number of nitrogens with zero attached hydrogens (tertiary/aromatic N) is 1. The van der Waals surface area contributed by atoms with Crippen LogP contribution in [0.25, 0.3) is 10.2 Å². The first-order chi connectivity index (χ1) is 14.6. The maximum absolute atomic E-state index is 9.93. The smallest absolute Gasteiger partial charge is 0.388 e. The van der Waals surface area contributed by atoms with Gasteiger partial charge in [0.05, 0.1) is 16.3 Å². The minimum Gasteiger partial charge on any atom is -0.388 e. The summed E-state index contributed by atoms with van der Waals surface area (Å²) in [6.07, 6.45) is -2.76. The molecule has 1 saturated heterocycles. The summed E-state index contributed by atoms with van der Waals surface area (Å²) in [5, 5.41) is 20.9. The van der Waals surface area contributed by atoms with Gasteiger partial charge < -0.3 is 59.0 Å². The monoisotopic (exact) mass is 579 g/mol. The Kier molecular flexibility index (Phi) is 12.9. The van der Waals surface area contributed by atoms with Crippen LogP contribution in [0.15, 0.2) is 18.2 Å². The summed E-state index contributed by atoms with van der Waals surface area (Å²) in [7, 11) is -13.9. The fourth-order valence-electron chi connectivity index (χ4n) is 2.09. The van der Waals surface area contributed by atoms with Gasteiger partial charge >= 0.3 is 23.5 Å². The molecule has 33 heavy (non-hydrogen) atoms. The number of rotatable bonds is 1. The summed E-state index contributed by atoms with van der Waals surface area (Å²) < 4.78 is 33.1. The number of fused-ring (bicyclic) bond motifs is 1. The zero-order valence-corrected chi connectivity index (χ0v) is 20.4. The molecule has 2 heterocycles. The van der Waals surface area contributed by atoms with E-state index in [2.05, 4.69) is 4.98 Å². The Bertz CT molecular complexity index is 962. The average Bonchev–Trinajstić information content (AvgIpc) is 3.06. The van der Waals surface area contributed by atoms with Gasteiger partial charge in [0.25, 0.3) is 0 Å². The SMILES string of the molecule is CC1OC(c2nc3ccc(Cl)cc3s2)C(O)C1O.O=P(O)(O)O.O=P(O)(O)O.O=P(O)(O)O. The fourth-order valence-corrected chi connectivity index (χ4v) is 3.41. The molecule has 0 amide bonds. The van der Waals surface area contributed by atoms with Gasteiger partial charge in [-0.2, -0.15) is 0 Å². The lowest BCUT2D eigenvalue weighted by molar-refractivity contribution is 0.0151. The molecule has 1 fully saturated rings. The van der Waals surface area contributed by atoms with E-state index in [1.165, 1.54) is 11.3 Å². The summed E-state index contributed by atoms with van der Waals surface area (Å²) in [6, 6.07) is 5.44. The zero-order chi connectivity index (χ0) is 26.4. The minimum atomic E-state index is -4.64. The molecule has 4 atom stereocenters. The molecule has 0 aliphatic carbocycles. The molecule has 11 N–H and O–H groups in total. The lowest BCUT2D eigenvalue weighted by atomic mass is 10.1. The van der Waals surface area contributed by atoms with Crippen LogP contribution in [0.2, 0.25) is 5.02 Å². The van der Waals surface area contributed by atoms with Crippen molar-refractivity contribution in [3.8, 4) is 0 Å². The van der Waals surface area contributed by atoms with Crippen molar-refractivity contribution < 1.29 is 72.7 Å². The third-order valence-corrected chi connectivity index (χ3v) is 4.43. The second-order valence-corrected chi connectivity index (χ2v) is 10.5. The second kappa shape index (κ2) is 13.1. The van der Waals surface area contributed by atoms with Crippen molar-refractivity contribution in [2.24, 2.45) is 0 Å². The van der Waals surface area contributed by atoms with Crippen molar-refractivity contribution in [3.63, 3.8) is 0 Å². The quantitative estimate of drug-likeness (QED) is 0.187. The lowest BCUT2D eigenvalue weighted by Crippen LogP contribution is -2.28. The molecule has 0 saturated carbocycles. The molecule has 3 rings (SSSR count). The van der Waals surface area contributed by atoms with Crippen molar-refractivity contribution in [1.29, 1.82) is 0 Å². The molecular formula is C12H21ClNO15P3S. The fraction of sp³-hybridized carbons (Fsp3) is 0.417. The van der Waals surface area contributed by atoms with Crippen LogP contribution in [0.4, 0.5) is 0 Å². The molecule has 0 spiro atoms. The first kappa shape index (κ1) is 32.6.